The molecule has 0 aliphatic heterocycles. The van der Waals surface area contributed by atoms with Crippen molar-refractivity contribution in [2.45, 2.75) is 20.4 Å². The van der Waals surface area contributed by atoms with Gasteiger partial charge in [-0.05, 0) is 58.6 Å². The van der Waals surface area contributed by atoms with Crippen molar-refractivity contribution in [3.63, 3.8) is 0 Å². The van der Waals surface area contributed by atoms with E-state index in [1.54, 1.807) is 0 Å². The monoisotopic (exact) mass is 368 g/mol. The van der Waals surface area contributed by atoms with Gasteiger partial charge < -0.3 is 5.32 Å². The number of rotatable bonds is 3. The summed E-state index contributed by atoms with van der Waals surface area (Å²) in [6.45, 7) is 4.91. The fraction of sp³-hybridized carbons (Fsp3) is 0.214. The van der Waals surface area contributed by atoms with E-state index < -0.39 is 0 Å². The van der Waals surface area contributed by atoms with Gasteiger partial charge in [0.15, 0.2) is 0 Å². The summed E-state index contributed by atoms with van der Waals surface area (Å²) in [6, 6.07) is 8.47. The van der Waals surface area contributed by atoms with E-state index in [0.717, 1.165) is 26.9 Å². The number of nitrogens with one attached hydrogen (secondary N) is 1. The topological polar surface area (TPSA) is 24.9 Å². The highest BCUT2D eigenvalue weighted by molar-refractivity contribution is 9.10. The summed E-state index contributed by atoms with van der Waals surface area (Å²) in [5, 5.41) is 3.37. The molecule has 0 amide bonds. The van der Waals surface area contributed by atoms with Gasteiger partial charge in [-0.25, -0.2) is 4.98 Å². The third-order valence-corrected chi connectivity index (χ3v) is 4.43. The van der Waals surface area contributed by atoms with E-state index in [4.69, 9.17) is 0 Å². The van der Waals surface area contributed by atoms with Gasteiger partial charge in [0.2, 0.25) is 0 Å². The van der Waals surface area contributed by atoms with Crippen LogP contribution in [0.3, 0.4) is 0 Å². The zero-order valence-electron chi connectivity index (χ0n) is 10.3. The van der Waals surface area contributed by atoms with E-state index in [1.165, 1.54) is 11.1 Å². The lowest BCUT2D eigenvalue weighted by Gasteiger charge is -2.09. The Morgan fingerprint density at radius 1 is 1.11 bits per heavy atom. The molecule has 0 fully saturated rings. The third-order valence-electron chi connectivity index (χ3n) is 2.75. The zero-order valence-corrected chi connectivity index (χ0v) is 13.5. The zero-order chi connectivity index (χ0) is 13.1. The second-order valence-electron chi connectivity index (χ2n) is 4.27. The Kier molecular flexibility index (Phi) is 4.40. The van der Waals surface area contributed by atoms with Crippen LogP contribution in [0.1, 0.15) is 16.7 Å². The average molecular weight is 370 g/mol. The first kappa shape index (κ1) is 13.6. The number of halogens is 2. The number of anilines is 1. The van der Waals surface area contributed by atoms with E-state index in [2.05, 4.69) is 73.3 Å². The van der Waals surface area contributed by atoms with Crippen LogP contribution in [0.2, 0.25) is 0 Å². The minimum atomic E-state index is 0.793. The number of nitrogens with zero attached hydrogens (tertiary/aromatic N) is 1. The number of aryl methyl sites for hydroxylation is 2. The van der Waals surface area contributed by atoms with Gasteiger partial charge in [-0.15, -0.1) is 0 Å². The summed E-state index contributed by atoms with van der Waals surface area (Å²) >= 11 is 6.94. The number of benzene rings is 1. The van der Waals surface area contributed by atoms with Crippen LogP contribution >= 0.6 is 31.9 Å². The van der Waals surface area contributed by atoms with Crippen LogP contribution in [0.25, 0.3) is 0 Å². The van der Waals surface area contributed by atoms with Crippen molar-refractivity contribution in [2.24, 2.45) is 0 Å². The number of hydrogen-bond acceptors (Lipinski definition) is 2. The van der Waals surface area contributed by atoms with Crippen LogP contribution in [0, 0.1) is 13.8 Å². The standard InChI is InChI=1S/C14H14Br2N2/c1-9-3-4-11(6-13(9)15)7-17-12-5-10(2)14(16)18-8-12/h3-6,8,17H,7H2,1-2H3. The molecule has 4 heteroatoms. The van der Waals surface area contributed by atoms with Crippen molar-refractivity contribution in [3.8, 4) is 0 Å². The number of hydrogen-bond donors (Lipinski definition) is 1. The normalized spacial score (nSPS) is 10.4. The maximum atomic E-state index is 4.27. The van der Waals surface area contributed by atoms with Gasteiger partial charge in [0.1, 0.15) is 4.60 Å². The molecule has 0 aliphatic carbocycles. The van der Waals surface area contributed by atoms with E-state index >= 15 is 0 Å². The molecule has 18 heavy (non-hydrogen) atoms. The smallest absolute Gasteiger partial charge is 0.109 e. The first-order valence-electron chi connectivity index (χ1n) is 5.67. The average Bonchev–Trinajstić information content (AvgIpc) is 2.35. The third kappa shape index (κ3) is 3.33. The summed E-state index contributed by atoms with van der Waals surface area (Å²) in [5.41, 5.74) is 4.66. The summed E-state index contributed by atoms with van der Waals surface area (Å²) in [7, 11) is 0. The minimum absolute atomic E-state index is 0.793. The van der Waals surface area contributed by atoms with Gasteiger partial charge in [-0.1, -0.05) is 28.1 Å². The highest BCUT2D eigenvalue weighted by Crippen LogP contribution is 2.20. The lowest BCUT2D eigenvalue weighted by Crippen LogP contribution is -2.00. The Labute approximate surface area is 124 Å². The van der Waals surface area contributed by atoms with Crippen LogP contribution in [0.4, 0.5) is 5.69 Å². The maximum absolute atomic E-state index is 4.27. The Morgan fingerprint density at radius 3 is 2.56 bits per heavy atom. The lowest BCUT2D eigenvalue weighted by molar-refractivity contribution is 1.12. The van der Waals surface area contributed by atoms with Gasteiger partial charge in [0.25, 0.3) is 0 Å². The molecule has 0 bridgehead atoms. The number of pyridine rings is 1. The highest BCUT2D eigenvalue weighted by Gasteiger charge is 2.00. The van der Waals surface area contributed by atoms with Crippen molar-refractivity contribution >= 4 is 37.5 Å². The van der Waals surface area contributed by atoms with E-state index in [9.17, 15) is 0 Å². The largest absolute Gasteiger partial charge is 0.380 e. The van der Waals surface area contributed by atoms with Crippen molar-refractivity contribution in [3.05, 3.63) is 56.2 Å². The van der Waals surface area contributed by atoms with Gasteiger partial charge in [0, 0.05) is 11.0 Å². The highest BCUT2D eigenvalue weighted by atomic mass is 79.9. The lowest BCUT2D eigenvalue weighted by atomic mass is 10.1. The molecule has 0 saturated carbocycles. The molecule has 1 heterocycles. The SMILES string of the molecule is Cc1ccc(CNc2cnc(Br)c(C)c2)cc1Br. The van der Waals surface area contributed by atoms with Gasteiger partial charge in [-0.3, -0.25) is 0 Å². The van der Waals surface area contributed by atoms with Crippen LogP contribution < -0.4 is 5.32 Å². The first-order chi connectivity index (χ1) is 8.56. The Morgan fingerprint density at radius 2 is 1.89 bits per heavy atom. The molecular formula is C14H14Br2N2. The van der Waals surface area contributed by atoms with E-state index in [0.29, 0.717) is 0 Å². The molecule has 0 saturated heterocycles. The summed E-state index contributed by atoms with van der Waals surface area (Å²) in [5.74, 6) is 0. The molecule has 0 unspecified atom stereocenters. The van der Waals surface area contributed by atoms with Crippen molar-refractivity contribution < 1.29 is 0 Å². The van der Waals surface area contributed by atoms with Crippen LogP contribution in [0.5, 0.6) is 0 Å². The van der Waals surface area contributed by atoms with Crippen LogP contribution in [0.15, 0.2) is 39.5 Å². The molecule has 1 aromatic heterocycles. The fourth-order valence-electron chi connectivity index (χ4n) is 1.61. The van der Waals surface area contributed by atoms with Gasteiger partial charge >= 0.3 is 0 Å². The van der Waals surface area contributed by atoms with Crippen LogP contribution in [-0.2, 0) is 6.54 Å². The molecule has 0 spiro atoms. The molecule has 2 rings (SSSR count). The summed E-state index contributed by atoms with van der Waals surface area (Å²) in [4.78, 5) is 4.27. The first-order valence-corrected chi connectivity index (χ1v) is 7.26. The van der Waals surface area contributed by atoms with Crippen molar-refractivity contribution in [2.75, 3.05) is 5.32 Å². The molecular weight excluding hydrogens is 356 g/mol. The molecule has 0 aliphatic rings. The molecule has 94 valence electrons. The fourth-order valence-corrected chi connectivity index (χ4v) is 2.25. The maximum Gasteiger partial charge on any atom is 0.109 e. The Balaban J connectivity index is 2.06. The summed E-state index contributed by atoms with van der Waals surface area (Å²) in [6.07, 6.45) is 1.83. The number of aromatic nitrogens is 1. The Bertz CT molecular complexity index is 516. The minimum Gasteiger partial charge on any atom is -0.380 e. The molecule has 2 aromatic rings. The van der Waals surface area contributed by atoms with Crippen LogP contribution in [-0.4, -0.2) is 4.98 Å². The summed E-state index contributed by atoms with van der Waals surface area (Å²) < 4.78 is 2.04. The second-order valence-corrected chi connectivity index (χ2v) is 5.87. The molecule has 1 aromatic carbocycles. The second kappa shape index (κ2) is 5.85. The quantitative estimate of drug-likeness (QED) is 0.783. The molecule has 2 nitrogen and oxygen atoms in total. The van der Waals surface area contributed by atoms with Crippen molar-refractivity contribution in [1.29, 1.82) is 0 Å². The van der Waals surface area contributed by atoms with E-state index in [-0.39, 0.29) is 0 Å². The molecule has 1 N–H and O–H groups in total. The molecule has 0 atom stereocenters. The van der Waals surface area contributed by atoms with Crippen molar-refractivity contribution in [1.82, 2.24) is 4.98 Å². The molecule has 0 radical (unpaired) electrons. The Hall–Kier alpha value is -0.870. The predicted octanol–water partition coefficient (Wildman–Crippen LogP) is 4.84. The van der Waals surface area contributed by atoms with E-state index in [1.807, 2.05) is 13.1 Å². The van der Waals surface area contributed by atoms with Gasteiger partial charge in [0.05, 0.1) is 11.9 Å². The van der Waals surface area contributed by atoms with Gasteiger partial charge in [-0.2, -0.15) is 0 Å². The predicted molar refractivity (Wildman–Crippen MR) is 82.9 cm³/mol.